The molecule has 0 spiro atoms. The second-order valence-electron chi connectivity index (χ2n) is 3.71. The van der Waals surface area contributed by atoms with Crippen molar-refractivity contribution in [3.63, 3.8) is 0 Å². The van der Waals surface area contributed by atoms with Gasteiger partial charge in [0.05, 0.1) is 0 Å². The third-order valence-corrected chi connectivity index (χ3v) is 2.22. The zero-order chi connectivity index (χ0) is 14.3. The van der Waals surface area contributed by atoms with Crippen molar-refractivity contribution < 1.29 is 22.7 Å². The summed E-state index contributed by atoms with van der Waals surface area (Å²) in [6.45, 7) is -0.104. The van der Waals surface area contributed by atoms with Gasteiger partial charge in [0.15, 0.2) is 0 Å². The molecule has 1 rings (SSSR count). The minimum absolute atomic E-state index is 0.104. The topological polar surface area (TPSA) is 38.3 Å². The van der Waals surface area contributed by atoms with Crippen LogP contribution in [0.1, 0.15) is 12.0 Å². The van der Waals surface area contributed by atoms with Crippen molar-refractivity contribution in [2.45, 2.75) is 25.2 Å². The summed E-state index contributed by atoms with van der Waals surface area (Å²) < 4.78 is 42.1. The summed E-state index contributed by atoms with van der Waals surface area (Å²) in [7, 11) is 0. The highest BCUT2D eigenvalue weighted by Gasteiger charge is 2.40. The van der Waals surface area contributed by atoms with Gasteiger partial charge < -0.3 is 10.1 Å². The highest BCUT2D eigenvalue weighted by atomic mass is 19.4. The molecule has 0 heterocycles. The number of hydrogen-bond donors (Lipinski definition) is 1. The lowest BCUT2D eigenvalue weighted by Gasteiger charge is -2.19. The molecule has 1 unspecified atom stereocenters. The van der Waals surface area contributed by atoms with Crippen LogP contribution >= 0.6 is 0 Å². The maximum absolute atomic E-state index is 12.5. The second-order valence-corrected chi connectivity index (χ2v) is 3.71. The number of amides is 1. The van der Waals surface area contributed by atoms with Crippen LogP contribution in [-0.2, 0) is 11.3 Å². The van der Waals surface area contributed by atoms with Gasteiger partial charge >= 0.3 is 12.3 Å². The van der Waals surface area contributed by atoms with Crippen LogP contribution in [0.5, 0.6) is 0 Å². The molecule has 102 valence electrons. The Morgan fingerprint density at radius 3 is 2.53 bits per heavy atom. The van der Waals surface area contributed by atoms with Gasteiger partial charge in [-0.05, 0) is 5.56 Å². The number of benzene rings is 1. The Balaban J connectivity index is 2.48. The molecular formula is C13H12F3NO2. The fourth-order valence-electron chi connectivity index (χ4n) is 1.27. The molecule has 1 atom stereocenters. The van der Waals surface area contributed by atoms with Crippen LogP contribution in [-0.4, -0.2) is 18.3 Å². The number of ether oxygens (including phenoxy) is 1. The number of nitrogens with one attached hydrogen (secondary N) is 1. The SMILES string of the molecule is C#CCC(NC(=O)OCc1ccccc1)C(F)(F)F. The zero-order valence-corrected chi connectivity index (χ0v) is 9.91. The molecule has 0 aliphatic carbocycles. The van der Waals surface area contributed by atoms with Gasteiger partial charge in [-0.15, -0.1) is 12.3 Å². The van der Waals surface area contributed by atoms with Crippen LogP contribution in [0, 0.1) is 12.3 Å². The average molecular weight is 271 g/mol. The number of halogens is 3. The lowest BCUT2D eigenvalue weighted by atomic mass is 10.2. The Morgan fingerprint density at radius 2 is 2.00 bits per heavy atom. The summed E-state index contributed by atoms with van der Waals surface area (Å²) in [6, 6.07) is 6.52. The molecule has 0 radical (unpaired) electrons. The van der Waals surface area contributed by atoms with Crippen LogP contribution in [0.25, 0.3) is 0 Å². The summed E-state index contributed by atoms with van der Waals surface area (Å²) >= 11 is 0. The molecule has 0 bridgehead atoms. The fraction of sp³-hybridized carbons (Fsp3) is 0.308. The number of carbonyl (C=O) groups excluding carboxylic acids is 1. The average Bonchev–Trinajstić information content (AvgIpc) is 2.36. The lowest BCUT2D eigenvalue weighted by Crippen LogP contribution is -2.45. The molecular weight excluding hydrogens is 259 g/mol. The van der Waals surface area contributed by atoms with Gasteiger partial charge in [-0.3, -0.25) is 0 Å². The largest absolute Gasteiger partial charge is 0.445 e. The zero-order valence-electron chi connectivity index (χ0n) is 9.91. The van der Waals surface area contributed by atoms with Crippen LogP contribution in [0.2, 0.25) is 0 Å². The van der Waals surface area contributed by atoms with Gasteiger partial charge in [0.2, 0.25) is 0 Å². The lowest BCUT2D eigenvalue weighted by molar-refractivity contribution is -0.153. The van der Waals surface area contributed by atoms with E-state index in [4.69, 9.17) is 6.42 Å². The van der Waals surface area contributed by atoms with Gasteiger partial charge in [0.25, 0.3) is 0 Å². The minimum atomic E-state index is -4.60. The molecule has 1 aromatic carbocycles. The normalized spacial score (nSPS) is 12.3. The van der Waals surface area contributed by atoms with Crippen molar-refractivity contribution in [2.24, 2.45) is 0 Å². The highest BCUT2D eigenvalue weighted by Crippen LogP contribution is 2.22. The molecule has 19 heavy (non-hydrogen) atoms. The maximum atomic E-state index is 12.5. The first-order valence-electron chi connectivity index (χ1n) is 5.41. The van der Waals surface area contributed by atoms with Crippen molar-refractivity contribution in [3.05, 3.63) is 35.9 Å². The van der Waals surface area contributed by atoms with E-state index in [2.05, 4.69) is 4.74 Å². The second kappa shape index (κ2) is 6.69. The Bertz CT molecular complexity index is 451. The predicted molar refractivity (Wildman–Crippen MR) is 63.1 cm³/mol. The molecule has 0 aromatic heterocycles. The predicted octanol–water partition coefficient (Wildman–Crippen LogP) is 2.87. The van der Waals surface area contributed by atoms with Crippen LogP contribution in [0.15, 0.2) is 30.3 Å². The summed E-state index contributed by atoms with van der Waals surface area (Å²) in [5, 5.41) is 1.70. The first-order chi connectivity index (χ1) is 8.93. The van der Waals surface area contributed by atoms with Gasteiger partial charge in [-0.25, -0.2) is 4.79 Å². The Labute approximate surface area is 108 Å². The van der Waals surface area contributed by atoms with E-state index in [1.54, 1.807) is 35.6 Å². The molecule has 3 nitrogen and oxygen atoms in total. The van der Waals surface area contributed by atoms with Crippen LogP contribution in [0.3, 0.4) is 0 Å². The molecule has 0 saturated carbocycles. The number of alkyl halides is 3. The molecule has 1 aromatic rings. The van der Waals surface area contributed by atoms with Crippen LogP contribution in [0.4, 0.5) is 18.0 Å². The Kier molecular flexibility index (Phi) is 5.24. The maximum Gasteiger partial charge on any atom is 0.409 e. The van der Waals surface area contributed by atoms with Crippen molar-refractivity contribution >= 4 is 6.09 Å². The number of hydrogen-bond acceptors (Lipinski definition) is 2. The molecule has 0 aliphatic heterocycles. The first-order valence-corrected chi connectivity index (χ1v) is 5.41. The molecule has 0 aliphatic rings. The van der Waals surface area contributed by atoms with Crippen molar-refractivity contribution in [2.75, 3.05) is 0 Å². The summed E-state index contributed by atoms with van der Waals surface area (Å²) in [5.41, 5.74) is 0.679. The van der Waals surface area contributed by atoms with Crippen molar-refractivity contribution in [3.8, 4) is 12.3 Å². The van der Waals surface area contributed by atoms with Crippen molar-refractivity contribution in [1.82, 2.24) is 5.32 Å². The van der Waals surface area contributed by atoms with Crippen molar-refractivity contribution in [1.29, 1.82) is 0 Å². The summed E-state index contributed by atoms with van der Waals surface area (Å²) in [4.78, 5) is 11.2. The van der Waals surface area contributed by atoms with Gasteiger partial charge in [-0.2, -0.15) is 13.2 Å². The quantitative estimate of drug-likeness (QED) is 0.855. The molecule has 0 fully saturated rings. The number of rotatable bonds is 4. The van der Waals surface area contributed by atoms with E-state index < -0.39 is 24.7 Å². The Hall–Kier alpha value is -2.16. The van der Waals surface area contributed by atoms with Gasteiger partial charge in [0.1, 0.15) is 12.6 Å². The molecule has 1 N–H and O–H groups in total. The van der Waals surface area contributed by atoms with E-state index in [9.17, 15) is 18.0 Å². The first kappa shape index (κ1) is 14.9. The van der Waals surface area contributed by atoms with E-state index in [-0.39, 0.29) is 6.61 Å². The molecule has 6 heteroatoms. The number of carbonyl (C=O) groups is 1. The summed E-state index contributed by atoms with van der Waals surface area (Å²) in [6.07, 6.45) is -1.56. The standard InChI is InChI=1S/C13H12F3NO2/c1-2-6-11(13(14,15)16)17-12(18)19-9-10-7-4-3-5-8-10/h1,3-5,7-8,11H,6,9H2,(H,17,18). The monoisotopic (exact) mass is 271 g/mol. The summed E-state index contributed by atoms with van der Waals surface area (Å²) in [5.74, 6) is 1.86. The Morgan fingerprint density at radius 1 is 1.37 bits per heavy atom. The highest BCUT2D eigenvalue weighted by molar-refractivity contribution is 5.67. The molecule has 1 amide bonds. The smallest absolute Gasteiger partial charge is 0.409 e. The van der Waals surface area contributed by atoms with Gasteiger partial charge in [0, 0.05) is 6.42 Å². The van der Waals surface area contributed by atoms with E-state index in [1.807, 2.05) is 5.92 Å². The minimum Gasteiger partial charge on any atom is -0.445 e. The third-order valence-electron chi connectivity index (χ3n) is 2.22. The van der Waals surface area contributed by atoms with Crippen LogP contribution < -0.4 is 5.32 Å². The van der Waals surface area contributed by atoms with E-state index in [1.165, 1.54) is 0 Å². The van der Waals surface area contributed by atoms with E-state index >= 15 is 0 Å². The van der Waals surface area contributed by atoms with Gasteiger partial charge in [-0.1, -0.05) is 30.3 Å². The number of terminal acetylenes is 1. The number of alkyl carbamates (subject to hydrolysis) is 1. The van der Waals surface area contributed by atoms with E-state index in [0.717, 1.165) is 0 Å². The third kappa shape index (κ3) is 5.34. The van der Waals surface area contributed by atoms with E-state index in [0.29, 0.717) is 5.56 Å². The molecule has 0 saturated heterocycles. The fourth-order valence-corrected chi connectivity index (χ4v) is 1.27.